The third kappa shape index (κ3) is 3.05. The van der Waals surface area contributed by atoms with E-state index in [2.05, 4.69) is 14.7 Å². The molecule has 3 aromatic rings. The topological polar surface area (TPSA) is 49.9 Å². The van der Waals surface area contributed by atoms with E-state index in [4.69, 9.17) is 27.9 Å². The second-order valence-electron chi connectivity index (χ2n) is 4.26. The molecule has 0 amide bonds. The Balaban J connectivity index is 1.85. The smallest absolute Gasteiger partial charge is 0.238 e. The molecule has 0 saturated carbocycles. The summed E-state index contributed by atoms with van der Waals surface area (Å²) in [6, 6.07) is 7.50. The van der Waals surface area contributed by atoms with E-state index in [1.165, 1.54) is 11.9 Å². The van der Waals surface area contributed by atoms with E-state index >= 15 is 0 Å². The fourth-order valence-corrected chi connectivity index (χ4v) is 3.03. The van der Waals surface area contributed by atoms with Gasteiger partial charge in [0.05, 0.1) is 17.0 Å². The highest BCUT2D eigenvalue weighted by molar-refractivity contribution is 8.00. The first-order chi connectivity index (χ1) is 10.2. The monoisotopic (exact) mass is 339 g/mol. The lowest BCUT2D eigenvalue weighted by Gasteiger charge is -2.09. The molecule has 3 rings (SSSR count). The molecule has 0 bridgehead atoms. The van der Waals surface area contributed by atoms with Crippen LogP contribution in [0.3, 0.4) is 0 Å². The molecule has 0 saturated heterocycles. The molecule has 0 aliphatic carbocycles. The first-order valence-electron chi connectivity index (χ1n) is 6.06. The van der Waals surface area contributed by atoms with Crippen molar-refractivity contribution in [3.63, 3.8) is 0 Å². The van der Waals surface area contributed by atoms with Gasteiger partial charge in [0.15, 0.2) is 0 Å². The molecular formula is C14H11Cl2N3OS. The van der Waals surface area contributed by atoms with Gasteiger partial charge in [-0.25, -0.2) is 4.98 Å². The van der Waals surface area contributed by atoms with Crippen LogP contribution in [0.15, 0.2) is 41.6 Å². The number of hydrogen-bond acceptors (Lipinski definition) is 4. The molecule has 0 aliphatic rings. The first-order valence-corrected chi connectivity index (χ1v) is 7.63. The summed E-state index contributed by atoms with van der Waals surface area (Å²) in [5.41, 5.74) is 1.71. The minimum atomic E-state index is 0.495. The van der Waals surface area contributed by atoms with Crippen molar-refractivity contribution < 1.29 is 4.74 Å². The Kier molecular flexibility index (Phi) is 4.14. The van der Waals surface area contributed by atoms with Gasteiger partial charge in [0, 0.05) is 28.3 Å². The van der Waals surface area contributed by atoms with Crippen LogP contribution >= 0.6 is 35.1 Å². The van der Waals surface area contributed by atoms with Crippen LogP contribution < -0.4 is 9.46 Å². The number of ether oxygens (including phenoxy) is 1. The number of nitrogens with zero attached hydrogens (tertiary/aromatic N) is 1. The van der Waals surface area contributed by atoms with Crippen LogP contribution in [0.5, 0.6) is 5.88 Å². The number of aromatic amines is 1. The van der Waals surface area contributed by atoms with Crippen molar-refractivity contribution in [2.24, 2.45) is 0 Å². The van der Waals surface area contributed by atoms with Crippen molar-refractivity contribution in [2.75, 3.05) is 11.8 Å². The Hall–Kier alpha value is -1.56. The van der Waals surface area contributed by atoms with Crippen molar-refractivity contribution >= 4 is 51.7 Å². The minimum absolute atomic E-state index is 0.495. The molecule has 2 aromatic heterocycles. The van der Waals surface area contributed by atoms with Crippen molar-refractivity contribution in [3.8, 4) is 5.88 Å². The molecule has 2 N–H and O–H groups in total. The molecule has 0 spiro atoms. The maximum absolute atomic E-state index is 5.98. The molecule has 108 valence electrons. The number of pyridine rings is 1. The number of benzene rings is 1. The highest BCUT2D eigenvalue weighted by atomic mass is 35.5. The van der Waals surface area contributed by atoms with Crippen molar-refractivity contribution in [3.05, 3.63) is 46.7 Å². The van der Waals surface area contributed by atoms with E-state index in [1.54, 1.807) is 19.4 Å². The summed E-state index contributed by atoms with van der Waals surface area (Å²) in [6.07, 6.45) is 3.47. The standard InChI is InChI=1S/C14H11Cl2N3OS/c1-20-14-12(5-9(16)6-18-14)19-21-13-7-17-11-4-8(15)2-3-10(11)13/h2-7,17,19H,1H3. The maximum atomic E-state index is 5.98. The number of fused-ring (bicyclic) bond motifs is 1. The lowest BCUT2D eigenvalue weighted by molar-refractivity contribution is 0.400. The minimum Gasteiger partial charge on any atom is -0.480 e. The molecular weight excluding hydrogens is 329 g/mol. The van der Waals surface area contributed by atoms with Crippen molar-refractivity contribution in [2.45, 2.75) is 4.90 Å². The number of anilines is 1. The molecule has 0 unspecified atom stereocenters. The van der Waals surface area contributed by atoms with Crippen LogP contribution in [0.2, 0.25) is 10.0 Å². The first kappa shape index (κ1) is 14.4. The van der Waals surface area contributed by atoms with E-state index in [0.717, 1.165) is 21.5 Å². The molecule has 4 nitrogen and oxygen atoms in total. The van der Waals surface area contributed by atoms with Crippen LogP contribution in [0.25, 0.3) is 10.9 Å². The van der Waals surface area contributed by atoms with Crippen molar-refractivity contribution in [1.82, 2.24) is 9.97 Å². The molecule has 7 heteroatoms. The van der Waals surface area contributed by atoms with Crippen LogP contribution in [0.4, 0.5) is 5.69 Å². The largest absolute Gasteiger partial charge is 0.480 e. The molecule has 21 heavy (non-hydrogen) atoms. The van der Waals surface area contributed by atoms with Gasteiger partial charge < -0.3 is 14.4 Å². The quantitative estimate of drug-likeness (QED) is 0.657. The van der Waals surface area contributed by atoms with Crippen LogP contribution in [-0.2, 0) is 0 Å². The number of methoxy groups -OCH3 is 1. The van der Waals surface area contributed by atoms with Gasteiger partial charge in [-0.2, -0.15) is 0 Å². The number of hydrogen-bond donors (Lipinski definition) is 2. The Labute approximate surface area is 135 Å². The van der Waals surface area contributed by atoms with Crippen LogP contribution in [0, 0.1) is 0 Å². The van der Waals surface area contributed by atoms with Gasteiger partial charge in [-0.1, -0.05) is 29.3 Å². The Morgan fingerprint density at radius 2 is 2.10 bits per heavy atom. The third-order valence-electron chi connectivity index (χ3n) is 2.89. The summed E-state index contributed by atoms with van der Waals surface area (Å²) >= 11 is 13.4. The number of nitrogens with one attached hydrogen (secondary N) is 2. The predicted octanol–water partition coefficient (Wildman–Crippen LogP) is 5.00. The molecule has 1 aromatic carbocycles. The van der Waals surface area contributed by atoms with E-state index in [1.807, 2.05) is 24.4 Å². The Bertz CT molecular complexity index is 791. The highest BCUT2D eigenvalue weighted by Gasteiger charge is 2.09. The Morgan fingerprint density at radius 3 is 2.90 bits per heavy atom. The van der Waals surface area contributed by atoms with Gasteiger partial charge in [0.25, 0.3) is 0 Å². The fourth-order valence-electron chi connectivity index (χ4n) is 1.93. The number of H-pyrrole nitrogens is 1. The molecule has 0 atom stereocenters. The lowest BCUT2D eigenvalue weighted by Crippen LogP contribution is -1.94. The van der Waals surface area contributed by atoms with Gasteiger partial charge in [0.2, 0.25) is 5.88 Å². The summed E-state index contributed by atoms with van der Waals surface area (Å²) in [5, 5.41) is 2.34. The SMILES string of the molecule is COc1ncc(Cl)cc1NSc1c[nH]c2cc(Cl)ccc12. The summed E-state index contributed by atoms with van der Waals surface area (Å²) in [6.45, 7) is 0. The average Bonchev–Trinajstić information content (AvgIpc) is 2.87. The van der Waals surface area contributed by atoms with E-state index in [9.17, 15) is 0 Å². The van der Waals surface area contributed by atoms with E-state index in [-0.39, 0.29) is 0 Å². The fraction of sp³-hybridized carbons (Fsp3) is 0.0714. The molecule has 0 fully saturated rings. The zero-order chi connectivity index (χ0) is 14.8. The molecule has 2 heterocycles. The zero-order valence-electron chi connectivity index (χ0n) is 11.0. The lowest BCUT2D eigenvalue weighted by atomic mass is 10.2. The second kappa shape index (κ2) is 6.05. The Morgan fingerprint density at radius 1 is 1.24 bits per heavy atom. The van der Waals surface area contributed by atoms with Gasteiger partial charge in [-0.15, -0.1) is 0 Å². The number of rotatable bonds is 4. The average molecular weight is 340 g/mol. The van der Waals surface area contributed by atoms with Gasteiger partial charge in [0.1, 0.15) is 5.69 Å². The summed E-state index contributed by atoms with van der Waals surface area (Å²) in [4.78, 5) is 8.35. The maximum Gasteiger partial charge on any atom is 0.238 e. The molecule has 0 aliphatic heterocycles. The van der Waals surface area contributed by atoms with Crippen LogP contribution in [0.1, 0.15) is 0 Å². The van der Waals surface area contributed by atoms with E-state index < -0.39 is 0 Å². The summed E-state index contributed by atoms with van der Waals surface area (Å²) in [7, 11) is 1.57. The summed E-state index contributed by atoms with van der Waals surface area (Å²) < 4.78 is 8.41. The molecule has 0 radical (unpaired) electrons. The van der Waals surface area contributed by atoms with Crippen molar-refractivity contribution in [1.29, 1.82) is 0 Å². The van der Waals surface area contributed by atoms with Gasteiger partial charge in [-0.3, -0.25) is 0 Å². The van der Waals surface area contributed by atoms with Gasteiger partial charge in [-0.05, 0) is 30.1 Å². The highest BCUT2D eigenvalue weighted by Crippen LogP contribution is 2.33. The zero-order valence-corrected chi connectivity index (χ0v) is 13.3. The number of halogens is 2. The second-order valence-corrected chi connectivity index (χ2v) is 5.98. The van der Waals surface area contributed by atoms with E-state index in [0.29, 0.717) is 15.9 Å². The number of aromatic nitrogens is 2. The van der Waals surface area contributed by atoms with Crippen LogP contribution in [-0.4, -0.2) is 17.1 Å². The summed E-state index contributed by atoms with van der Waals surface area (Å²) in [5.74, 6) is 0.495. The third-order valence-corrected chi connectivity index (χ3v) is 4.21. The van der Waals surface area contributed by atoms with Gasteiger partial charge >= 0.3 is 0 Å². The predicted molar refractivity (Wildman–Crippen MR) is 88.6 cm³/mol. The normalized spacial score (nSPS) is 10.8.